The third-order valence-corrected chi connectivity index (χ3v) is 3.90. The Labute approximate surface area is 128 Å². The van der Waals surface area contributed by atoms with E-state index < -0.39 is 0 Å². The number of hydrogen-bond donors (Lipinski definition) is 1. The van der Waals surface area contributed by atoms with E-state index >= 15 is 0 Å². The Hall–Kier alpha value is -1.39. The van der Waals surface area contributed by atoms with Gasteiger partial charge >= 0.3 is 0 Å². The van der Waals surface area contributed by atoms with Gasteiger partial charge in [0, 0.05) is 25.4 Å². The topological polar surface area (TPSA) is 36.9 Å². The fourth-order valence-electron chi connectivity index (χ4n) is 2.77. The number of nitrogens with zero attached hydrogens (tertiary/aromatic N) is 2. The first-order valence-electron chi connectivity index (χ1n) is 8.07. The van der Waals surface area contributed by atoms with Crippen molar-refractivity contribution in [1.82, 2.24) is 10.4 Å². The summed E-state index contributed by atoms with van der Waals surface area (Å²) in [7, 11) is 0. The predicted molar refractivity (Wildman–Crippen MR) is 87.3 cm³/mol. The molecule has 4 nitrogen and oxygen atoms in total. The molecule has 1 aromatic rings. The van der Waals surface area contributed by atoms with Crippen LogP contribution < -0.4 is 5.32 Å². The molecule has 2 rings (SSSR count). The molecule has 0 saturated heterocycles. The van der Waals surface area contributed by atoms with Gasteiger partial charge in [-0.1, -0.05) is 44.2 Å². The fourth-order valence-corrected chi connectivity index (χ4v) is 2.77. The molecule has 1 aromatic carbocycles. The van der Waals surface area contributed by atoms with Crippen LogP contribution in [-0.4, -0.2) is 36.8 Å². The maximum Gasteiger partial charge on any atom is 0.212 e. The minimum Gasteiger partial charge on any atom is -0.389 e. The Kier molecular flexibility index (Phi) is 6.21. The zero-order valence-electron chi connectivity index (χ0n) is 13.4. The highest BCUT2D eigenvalue weighted by Crippen LogP contribution is 2.31. The van der Waals surface area contributed by atoms with Crippen LogP contribution in [0.15, 0.2) is 35.3 Å². The smallest absolute Gasteiger partial charge is 0.212 e. The first-order chi connectivity index (χ1) is 10.3. The zero-order chi connectivity index (χ0) is 15.1. The molecule has 1 aliphatic heterocycles. The maximum atomic E-state index is 5.92. The van der Waals surface area contributed by atoms with Gasteiger partial charge in [-0.05, 0) is 25.5 Å². The molecule has 0 amide bonds. The van der Waals surface area contributed by atoms with Crippen LogP contribution in [0.2, 0.25) is 0 Å². The molecule has 0 aromatic heterocycles. The van der Waals surface area contributed by atoms with Crippen LogP contribution in [-0.2, 0) is 4.84 Å². The summed E-state index contributed by atoms with van der Waals surface area (Å²) in [6.45, 7) is 9.20. The molecule has 0 aliphatic carbocycles. The van der Waals surface area contributed by atoms with Crippen molar-refractivity contribution in [2.24, 2.45) is 4.99 Å². The highest BCUT2D eigenvalue weighted by atomic mass is 16.7. The van der Waals surface area contributed by atoms with Crippen molar-refractivity contribution in [2.45, 2.75) is 45.7 Å². The van der Waals surface area contributed by atoms with Crippen molar-refractivity contribution in [3.63, 3.8) is 0 Å². The molecule has 1 N–H and O–H groups in total. The molecule has 116 valence electrons. The Balaban J connectivity index is 2.10. The summed E-state index contributed by atoms with van der Waals surface area (Å²) in [5.41, 5.74) is 1.34. The van der Waals surface area contributed by atoms with Crippen LogP contribution in [0.25, 0.3) is 0 Å². The number of aliphatic imine (C=N–C) groups is 1. The van der Waals surface area contributed by atoms with E-state index in [1.165, 1.54) is 5.56 Å². The first-order valence-corrected chi connectivity index (χ1v) is 8.07. The SMILES string of the molecule is CCNCCC1=N[C@H]([C@H](CC)c2ccccc2)N(CC)O1. The van der Waals surface area contributed by atoms with Crippen molar-refractivity contribution >= 4 is 5.90 Å². The van der Waals surface area contributed by atoms with Crippen LogP contribution in [0.3, 0.4) is 0 Å². The van der Waals surface area contributed by atoms with E-state index in [1.54, 1.807) is 0 Å². The lowest BCUT2D eigenvalue weighted by Crippen LogP contribution is -2.34. The molecule has 0 bridgehead atoms. The number of hydrogen-bond acceptors (Lipinski definition) is 4. The van der Waals surface area contributed by atoms with Crippen LogP contribution in [0.4, 0.5) is 0 Å². The summed E-state index contributed by atoms with van der Waals surface area (Å²) in [5, 5.41) is 5.33. The van der Waals surface area contributed by atoms with E-state index in [9.17, 15) is 0 Å². The maximum absolute atomic E-state index is 5.92. The van der Waals surface area contributed by atoms with Crippen LogP contribution in [0.1, 0.15) is 45.1 Å². The summed E-state index contributed by atoms with van der Waals surface area (Å²) in [4.78, 5) is 10.8. The lowest BCUT2D eigenvalue weighted by atomic mass is 9.93. The van der Waals surface area contributed by atoms with Gasteiger partial charge in [-0.3, -0.25) is 0 Å². The third kappa shape index (κ3) is 4.05. The fraction of sp³-hybridized carbons (Fsp3) is 0.588. The van der Waals surface area contributed by atoms with E-state index in [0.717, 1.165) is 38.4 Å². The van der Waals surface area contributed by atoms with E-state index in [-0.39, 0.29) is 6.17 Å². The molecular weight excluding hydrogens is 262 g/mol. The molecule has 0 radical (unpaired) electrons. The molecule has 4 heteroatoms. The van der Waals surface area contributed by atoms with Gasteiger partial charge < -0.3 is 10.2 Å². The second-order valence-electron chi connectivity index (χ2n) is 5.29. The molecule has 0 unspecified atom stereocenters. The van der Waals surface area contributed by atoms with Gasteiger partial charge in [0.15, 0.2) is 0 Å². The van der Waals surface area contributed by atoms with E-state index in [2.05, 4.69) is 56.4 Å². The molecule has 0 spiro atoms. The Bertz CT molecular complexity index is 447. The largest absolute Gasteiger partial charge is 0.389 e. The third-order valence-electron chi connectivity index (χ3n) is 3.90. The van der Waals surface area contributed by atoms with E-state index in [4.69, 9.17) is 9.83 Å². The van der Waals surface area contributed by atoms with E-state index in [0.29, 0.717) is 5.92 Å². The normalized spacial score (nSPS) is 20.1. The van der Waals surface area contributed by atoms with Gasteiger partial charge in [0.1, 0.15) is 6.17 Å². The van der Waals surface area contributed by atoms with E-state index in [1.807, 2.05) is 5.06 Å². The Morgan fingerprint density at radius 3 is 2.62 bits per heavy atom. The van der Waals surface area contributed by atoms with Gasteiger partial charge in [0.25, 0.3) is 0 Å². The molecule has 1 aliphatic rings. The van der Waals surface area contributed by atoms with Crippen LogP contribution >= 0.6 is 0 Å². The number of hydroxylamine groups is 2. The Morgan fingerprint density at radius 1 is 1.24 bits per heavy atom. The van der Waals surface area contributed by atoms with Crippen LogP contribution in [0, 0.1) is 0 Å². The predicted octanol–water partition coefficient (Wildman–Crippen LogP) is 3.17. The molecule has 21 heavy (non-hydrogen) atoms. The quantitative estimate of drug-likeness (QED) is 0.747. The number of rotatable bonds is 8. The second kappa shape index (κ2) is 8.15. The van der Waals surface area contributed by atoms with Gasteiger partial charge in [-0.2, -0.15) is 0 Å². The monoisotopic (exact) mass is 289 g/mol. The number of nitrogens with one attached hydrogen (secondary N) is 1. The van der Waals surface area contributed by atoms with Gasteiger partial charge in [0.2, 0.25) is 5.90 Å². The minimum atomic E-state index is 0.0963. The molecule has 0 saturated carbocycles. The average Bonchev–Trinajstić information content (AvgIpc) is 2.92. The highest BCUT2D eigenvalue weighted by molar-refractivity contribution is 5.77. The number of likely N-dealkylation sites (N-methyl/N-ethyl adjacent to an activating group) is 1. The molecular formula is C17H27N3O. The van der Waals surface area contributed by atoms with Crippen molar-refractivity contribution < 1.29 is 4.84 Å². The minimum absolute atomic E-state index is 0.0963. The van der Waals surface area contributed by atoms with Gasteiger partial charge in [-0.15, -0.1) is 5.06 Å². The van der Waals surface area contributed by atoms with Crippen molar-refractivity contribution in [2.75, 3.05) is 19.6 Å². The lowest BCUT2D eigenvalue weighted by Gasteiger charge is -2.26. The first kappa shape index (κ1) is 16.0. The van der Waals surface area contributed by atoms with Gasteiger partial charge in [0.05, 0.1) is 0 Å². The number of benzene rings is 1. The van der Waals surface area contributed by atoms with Gasteiger partial charge in [-0.25, -0.2) is 4.99 Å². The summed E-state index contributed by atoms with van der Waals surface area (Å²) in [5.74, 6) is 1.24. The average molecular weight is 289 g/mol. The van der Waals surface area contributed by atoms with Crippen molar-refractivity contribution in [1.29, 1.82) is 0 Å². The summed E-state index contributed by atoms with van der Waals surface area (Å²) >= 11 is 0. The van der Waals surface area contributed by atoms with Crippen molar-refractivity contribution in [3.8, 4) is 0 Å². The zero-order valence-corrected chi connectivity index (χ0v) is 13.4. The van der Waals surface area contributed by atoms with Crippen molar-refractivity contribution in [3.05, 3.63) is 35.9 Å². The highest BCUT2D eigenvalue weighted by Gasteiger charge is 2.33. The molecule has 2 atom stereocenters. The second-order valence-corrected chi connectivity index (χ2v) is 5.29. The summed E-state index contributed by atoms with van der Waals surface area (Å²) < 4.78 is 0. The molecule has 1 heterocycles. The Morgan fingerprint density at radius 2 is 2.00 bits per heavy atom. The van der Waals surface area contributed by atoms with Crippen LogP contribution in [0.5, 0.6) is 0 Å². The summed E-state index contributed by atoms with van der Waals surface area (Å²) in [6.07, 6.45) is 2.00. The molecule has 0 fully saturated rings. The summed E-state index contributed by atoms with van der Waals surface area (Å²) in [6, 6.07) is 10.6. The standard InChI is InChI=1S/C17H27N3O/c1-4-15(14-10-8-7-9-11-14)17-19-16(12-13-18-5-2)21-20(17)6-3/h7-11,15,17-18H,4-6,12-13H2,1-3H3/t15-,17+/m1/s1. The lowest BCUT2D eigenvalue weighted by molar-refractivity contribution is -0.0873.